The summed E-state index contributed by atoms with van der Waals surface area (Å²) in [4.78, 5) is 8.58. The van der Waals surface area contributed by atoms with Gasteiger partial charge in [-0.15, -0.1) is 0 Å². The van der Waals surface area contributed by atoms with Gasteiger partial charge in [0.05, 0.1) is 13.1 Å². The van der Waals surface area contributed by atoms with Crippen LogP contribution in [-0.2, 0) is 0 Å². The highest BCUT2D eigenvalue weighted by atomic mass is 14.9. The molecule has 0 aliphatic rings. The van der Waals surface area contributed by atoms with Crippen molar-refractivity contribution in [2.75, 3.05) is 13.1 Å². The Balaban J connectivity index is 1.90. The zero-order valence-electron chi connectivity index (χ0n) is 11.2. The van der Waals surface area contributed by atoms with E-state index in [1.165, 1.54) is 0 Å². The Morgan fingerprint density at radius 2 is 1.00 bits per heavy atom. The van der Waals surface area contributed by atoms with Gasteiger partial charge < -0.3 is 11.5 Å². The van der Waals surface area contributed by atoms with Gasteiger partial charge >= 0.3 is 0 Å². The first-order chi connectivity index (χ1) is 9.77. The van der Waals surface area contributed by atoms with Crippen molar-refractivity contribution in [2.45, 2.75) is 0 Å². The van der Waals surface area contributed by atoms with Crippen LogP contribution in [0.15, 0.2) is 70.6 Å². The molecule has 4 nitrogen and oxygen atoms in total. The van der Waals surface area contributed by atoms with Crippen molar-refractivity contribution >= 4 is 11.7 Å². The van der Waals surface area contributed by atoms with E-state index in [2.05, 4.69) is 9.98 Å². The fourth-order valence-electron chi connectivity index (χ4n) is 1.74. The average Bonchev–Trinajstić information content (AvgIpc) is 2.53. The summed E-state index contributed by atoms with van der Waals surface area (Å²) in [6, 6.07) is 19.4. The number of amidine groups is 2. The molecule has 0 saturated heterocycles. The number of rotatable bonds is 5. The second-order valence-electron chi connectivity index (χ2n) is 4.27. The van der Waals surface area contributed by atoms with Crippen LogP contribution in [-0.4, -0.2) is 24.8 Å². The first-order valence-corrected chi connectivity index (χ1v) is 6.48. The Kier molecular flexibility index (Phi) is 4.89. The Morgan fingerprint density at radius 3 is 1.35 bits per heavy atom. The van der Waals surface area contributed by atoms with Gasteiger partial charge in [-0.25, -0.2) is 0 Å². The van der Waals surface area contributed by atoms with Crippen LogP contribution in [0.2, 0.25) is 0 Å². The molecule has 2 aromatic rings. The van der Waals surface area contributed by atoms with Crippen LogP contribution in [0.1, 0.15) is 11.1 Å². The van der Waals surface area contributed by atoms with Gasteiger partial charge in [-0.3, -0.25) is 9.98 Å². The van der Waals surface area contributed by atoms with Crippen molar-refractivity contribution < 1.29 is 0 Å². The molecule has 0 heterocycles. The molecule has 0 unspecified atom stereocenters. The number of nitrogens with two attached hydrogens (primary N) is 2. The smallest absolute Gasteiger partial charge is 0.125 e. The van der Waals surface area contributed by atoms with Crippen LogP contribution in [0.3, 0.4) is 0 Å². The molecule has 0 aliphatic heterocycles. The molecule has 0 amide bonds. The second-order valence-corrected chi connectivity index (χ2v) is 4.27. The first kappa shape index (κ1) is 13.8. The van der Waals surface area contributed by atoms with E-state index in [0.717, 1.165) is 11.1 Å². The normalized spacial score (nSPS) is 12.4. The highest BCUT2D eigenvalue weighted by Gasteiger charge is 1.97. The predicted molar refractivity (Wildman–Crippen MR) is 84.1 cm³/mol. The molecule has 0 saturated carbocycles. The zero-order valence-corrected chi connectivity index (χ0v) is 11.2. The van der Waals surface area contributed by atoms with E-state index in [1.54, 1.807) is 0 Å². The van der Waals surface area contributed by atoms with Gasteiger partial charge in [0.2, 0.25) is 0 Å². The third kappa shape index (κ3) is 3.95. The average molecular weight is 266 g/mol. The summed E-state index contributed by atoms with van der Waals surface area (Å²) >= 11 is 0. The van der Waals surface area contributed by atoms with Gasteiger partial charge in [0.25, 0.3) is 0 Å². The summed E-state index contributed by atoms with van der Waals surface area (Å²) in [7, 11) is 0. The van der Waals surface area contributed by atoms with Crippen LogP contribution in [0.25, 0.3) is 0 Å². The van der Waals surface area contributed by atoms with Gasteiger partial charge in [-0.05, 0) is 0 Å². The fraction of sp³-hybridized carbons (Fsp3) is 0.125. The molecule has 4 N–H and O–H groups in total. The molecule has 20 heavy (non-hydrogen) atoms. The van der Waals surface area contributed by atoms with Crippen LogP contribution in [0.4, 0.5) is 0 Å². The van der Waals surface area contributed by atoms with E-state index < -0.39 is 0 Å². The summed E-state index contributed by atoms with van der Waals surface area (Å²) in [6.45, 7) is 1.04. The molecule has 2 rings (SSSR count). The second kappa shape index (κ2) is 7.09. The maximum absolute atomic E-state index is 5.89. The minimum atomic E-state index is 0.522. The summed E-state index contributed by atoms with van der Waals surface area (Å²) in [6.07, 6.45) is 0. The summed E-state index contributed by atoms with van der Waals surface area (Å²) in [5.74, 6) is 1.05. The van der Waals surface area contributed by atoms with Crippen LogP contribution >= 0.6 is 0 Å². The van der Waals surface area contributed by atoms with Crippen molar-refractivity contribution in [1.29, 1.82) is 0 Å². The molecule has 0 bridgehead atoms. The Hall–Kier alpha value is -2.62. The van der Waals surface area contributed by atoms with E-state index in [1.807, 2.05) is 60.7 Å². The van der Waals surface area contributed by atoms with Crippen LogP contribution in [0.5, 0.6) is 0 Å². The fourth-order valence-corrected chi connectivity index (χ4v) is 1.74. The SMILES string of the molecule is NC(=NCCN=C(N)c1ccccc1)c1ccccc1. The topological polar surface area (TPSA) is 76.8 Å². The summed E-state index contributed by atoms with van der Waals surface area (Å²) in [5.41, 5.74) is 13.6. The molecular weight excluding hydrogens is 248 g/mol. The molecule has 4 heteroatoms. The first-order valence-electron chi connectivity index (χ1n) is 6.48. The van der Waals surface area contributed by atoms with Crippen molar-refractivity contribution in [3.05, 3.63) is 71.8 Å². The lowest BCUT2D eigenvalue weighted by Crippen LogP contribution is -2.16. The Morgan fingerprint density at radius 1 is 0.650 bits per heavy atom. The summed E-state index contributed by atoms with van der Waals surface area (Å²) < 4.78 is 0. The van der Waals surface area contributed by atoms with Gasteiger partial charge in [0.15, 0.2) is 0 Å². The molecule has 0 fully saturated rings. The molecule has 2 aromatic carbocycles. The van der Waals surface area contributed by atoms with E-state index in [4.69, 9.17) is 11.5 Å². The quantitative estimate of drug-likeness (QED) is 0.492. The van der Waals surface area contributed by atoms with Crippen molar-refractivity contribution in [2.24, 2.45) is 21.5 Å². The lowest BCUT2D eigenvalue weighted by atomic mass is 10.2. The minimum absolute atomic E-state index is 0.522. The molecule has 0 radical (unpaired) electrons. The van der Waals surface area contributed by atoms with Gasteiger partial charge in [0, 0.05) is 11.1 Å². The molecule has 0 atom stereocenters. The number of benzene rings is 2. The summed E-state index contributed by atoms with van der Waals surface area (Å²) in [5, 5.41) is 0. The third-order valence-corrected chi connectivity index (χ3v) is 2.80. The molecule has 0 spiro atoms. The van der Waals surface area contributed by atoms with E-state index in [9.17, 15) is 0 Å². The Bertz CT molecular complexity index is 533. The van der Waals surface area contributed by atoms with Crippen molar-refractivity contribution in [3.8, 4) is 0 Å². The van der Waals surface area contributed by atoms with Crippen LogP contribution < -0.4 is 11.5 Å². The maximum atomic E-state index is 5.89. The lowest BCUT2D eigenvalue weighted by molar-refractivity contribution is 0.970. The van der Waals surface area contributed by atoms with Crippen molar-refractivity contribution in [3.63, 3.8) is 0 Å². The largest absolute Gasteiger partial charge is 0.384 e. The number of aliphatic imine (C=N–C) groups is 2. The zero-order chi connectivity index (χ0) is 14.2. The number of hydrogen-bond acceptors (Lipinski definition) is 2. The molecule has 0 aliphatic carbocycles. The van der Waals surface area contributed by atoms with Gasteiger partial charge in [-0.1, -0.05) is 60.7 Å². The Labute approximate surface area is 118 Å². The minimum Gasteiger partial charge on any atom is -0.384 e. The van der Waals surface area contributed by atoms with Crippen LogP contribution in [0, 0.1) is 0 Å². The van der Waals surface area contributed by atoms with E-state index in [0.29, 0.717) is 24.8 Å². The predicted octanol–water partition coefficient (Wildman–Crippen LogP) is 1.80. The van der Waals surface area contributed by atoms with E-state index in [-0.39, 0.29) is 0 Å². The maximum Gasteiger partial charge on any atom is 0.125 e. The third-order valence-electron chi connectivity index (χ3n) is 2.80. The monoisotopic (exact) mass is 266 g/mol. The van der Waals surface area contributed by atoms with E-state index >= 15 is 0 Å². The van der Waals surface area contributed by atoms with Crippen molar-refractivity contribution in [1.82, 2.24) is 0 Å². The standard InChI is InChI=1S/C16H18N4/c17-15(13-7-3-1-4-8-13)19-11-12-20-16(18)14-9-5-2-6-10-14/h1-10H,11-12H2,(H2,17,19)(H2,18,20). The molecular formula is C16H18N4. The number of hydrogen-bond donors (Lipinski definition) is 2. The lowest BCUT2D eigenvalue weighted by Gasteiger charge is -2.01. The highest BCUT2D eigenvalue weighted by Crippen LogP contribution is 1.99. The van der Waals surface area contributed by atoms with Gasteiger partial charge in [0.1, 0.15) is 11.7 Å². The molecule has 102 valence electrons. The highest BCUT2D eigenvalue weighted by molar-refractivity contribution is 5.98. The van der Waals surface area contributed by atoms with Gasteiger partial charge in [-0.2, -0.15) is 0 Å². The number of nitrogens with zero attached hydrogens (tertiary/aromatic N) is 2. The molecule has 0 aromatic heterocycles.